The number of rotatable bonds is 2. The van der Waals surface area contributed by atoms with Gasteiger partial charge in [-0.3, -0.25) is 0 Å². The van der Waals surface area contributed by atoms with Gasteiger partial charge in [0.25, 0.3) is 0 Å². The molecule has 0 atom stereocenters. The molecule has 1 N–H and O–H groups in total. The Labute approximate surface area is 123 Å². The van der Waals surface area contributed by atoms with E-state index in [0.29, 0.717) is 11.5 Å². The number of para-hydroxylation sites is 1. The normalized spacial score (nSPS) is 22.1. The van der Waals surface area contributed by atoms with Crippen molar-refractivity contribution in [1.29, 1.82) is 0 Å². The Bertz CT molecular complexity index is 399. The number of hydrogen-bond acceptors (Lipinski definition) is 2. The van der Waals surface area contributed by atoms with Crippen LogP contribution in [0.25, 0.3) is 0 Å². The maximum Gasteiger partial charge on any atom is 0.133 e. The minimum absolute atomic E-state index is 0. The first kappa shape index (κ1) is 14.2. The fourth-order valence-electron chi connectivity index (χ4n) is 3.07. The molecule has 2 aliphatic rings. The van der Waals surface area contributed by atoms with Gasteiger partial charge in [-0.1, -0.05) is 12.1 Å². The molecule has 0 radical (unpaired) electrons. The summed E-state index contributed by atoms with van der Waals surface area (Å²) in [6.07, 6.45) is 5.53. The smallest absolute Gasteiger partial charge is 0.133 e. The summed E-state index contributed by atoms with van der Waals surface area (Å²) in [4.78, 5) is 0. The lowest BCUT2D eigenvalue weighted by Crippen LogP contribution is -2.49. The lowest BCUT2D eigenvalue weighted by atomic mass is 9.62. The molecule has 0 amide bonds. The Morgan fingerprint density at radius 1 is 1.17 bits per heavy atom. The molecular weight excluding hydrogens is 314 g/mol. The largest absolute Gasteiger partial charge is 0.489 e. The second-order valence-corrected chi connectivity index (χ2v) is 6.18. The predicted octanol–water partition coefficient (Wildman–Crippen LogP) is 3.78. The van der Waals surface area contributed by atoms with E-state index in [-0.39, 0.29) is 12.4 Å². The highest BCUT2D eigenvalue weighted by molar-refractivity contribution is 9.10. The molecule has 1 heterocycles. The van der Waals surface area contributed by atoms with Gasteiger partial charge in [-0.2, -0.15) is 0 Å². The molecule has 1 saturated carbocycles. The van der Waals surface area contributed by atoms with E-state index in [9.17, 15) is 0 Å². The molecule has 18 heavy (non-hydrogen) atoms. The molecule has 0 unspecified atom stereocenters. The molecular formula is C14H19BrClNO. The van der Waals surface area contributed by atoms with Crippen LogP contribution >= 0.6 is 28.3 Å². The predicted molar refractivity (Wildman–Crippen MR) is 79.6 cm³/mol. The molecule has 1 aliphatic carbocycles. The molecule has 1 aromatic rings. The first-order valence-corrected chi connectivity index (χ1v) is 7.19. The highest BCUT2D eigenvalue weighted by Crippen LogP contribution is 2.49. The van der Waals surface area contributed by atoms with Crippen LogP contribution in [-0.4, -0.2) is 19.2 Å². The second kappa shape index (κ2) is 5.81. The zero-order valence-electron chi connectivity index (χ0n) is 10.3. The Morgan fingerprint density at radius 3 is 2.50 bits per heavy atom. The van der Waals surface area contributed by atoms with E-state index < -0.39 is 0 Å². The van der Waals surface area contributed by atoms with Gasteiger partial charge in [-0.15, -0.1) is 12.4 Å². The van der Waals surface area contributed by atoms with Gasteiger partial charge in [-0.05, 0) is 72.3 Å². The number of piperidine rings is 1. The lowest BCUT2D eigenvalue weighted by Gasteiger charge is -2.49. The van der Waals surface area contributed by atoms with Crippen molar-refractivity contribution < 1.29 is 4.74 Å². The summed E-state index contributed by atoms with van der Waals surface area (Å²) < 4.78 is 7.10. The van der Waals surface area contributed by atoms with Crippen molar-refractivity contribution in [3.8, 4) is 5.75 Å². The van der Waals surface area contributed by atoms with Crippen molar-refractivity contribution in [2.75, 3.05) is 13.1 Å². The molecule has 3 rings (SSSR count). The number of nitrogens with one attached hydrogen (secondary N) is 1. The summed E-state index contributed by atoms with van der Waals surface area (Å²) >= 11 is 3.53. The molecule has 0 bridgehead atoms. The minimum Gasteiger partial charge on any atom is -0.489 e. The molecule has 100 valence electrons. The van der Waals surface area contributed by atoms with E-state index in [0.717, 1.165) is 10.2 Å². The molecule has 1 saturated heterocycles. The SMILES string of the molecule is Brc1ccccc1OC1CC2(CCNCC2)C1.Cl. The average molecular weight is 333 g/mol. The maximum atomic E-state index is 6.04. The van der Waals surface area contributed by atoms with Gasteiger partial charge in [0.15, 0.2) is 0 Å². The van der Waals surface area contributed by atoms with Gasteiger partial charge >= 0.3 is 0 Å². The standard InChI is InChI=1S/C14H18BrNO.ClH/c15-12-3-1-2-4-13(12)17-11-9-14(10-11)5-7-16-8-6-14;/h1-4,11,16H,5-10H2;1H. The highest BCUT2D eigenvalue weighted by Gasteiger charge is 2.45. The van der Waals surface area contributed by atoms with Gasteiger partial charge < -0.3 is 10.1 Å². The zero-order chi connectivity index (χ0) is 11.7. The summed E-state index contributed by atoms with van der Waals surface area (Å²) in [5.74, 6) is 0.987. The number of hydrogen-bond donors (Lipinski definition) is 1. The number of ether oxygens (including phenoxy) is 1. The fraction of sp³-hybridized carbons (Fsp3) is 0.571. The highest BCUT2D eigenvalue weighted by atomic mass is 79.9. The van der Waals surface area contributed by atoms with Crippen molar-refractivity contribution in [1.82, 2.24) is 5.32 Å². The first-order valence-electron chi connectivity index (χ1n) is 6.39. The van der Waals surface area contributed by atoms with Crippen molar-refractivity contribution >= 4 is 28.3 Å². The van der Waals surface area contributed by atoms with E-state index in [1.807, 2.05) is 24.3 Å². The van der Waals surface area contributed by atoms with Crippen LogP contribution < -0.4 is 10.1 Å². The minimum atomic E-state index is 0. The van der Waals surface area contributed by atoms with E-state index >= 15 is 0 Å². The van der Waals surface area contributed by atoms with Gasteiger partial charge in [0.05, 0.1) is 10.6 Å². The number of halogens is 2. The summed E-state index contributed by atoms with van der Waals surface area (Å²) in [5, 5.41) is 3.43. The third kappa shape index (κ3) is 2.84. The molecule has 2 nitrogen and oxygen atoms in total. The Hall–Kier alpha value is -0.250. The molecule has 1 aromatic carbocycles. The quantitative estimate of drug-likeness (QED) is 0.890. The van der Waals surface area contributed by atoms with Crippen LogP contribution in [0.5, 0.6) is 5.75 Å². The van der Waals surface area contributed by atoms with Crippen LogP contribution in [0, 0.1) is 5.41 Å². The van der Waals surface area contributed by atoms with E-state index in [2.05, 4.69) is 21.2 Å². The van der Waals surface area contributed by atoms with Crippen LogP contribution in [0.4, 0.5) is 0 Å². The van der Waals surface area contributed by atoms with E-state index in [4.69, 9.17) is 4.74 Å². The van der Waals surface area contributed by atoms with Gasteiger partial charge in [0.2, 0.25) is 0 Å². The third-order valence-corrected chi connectivity index (χ3v) is 4.77. The fourth-order valence-corrected chi connectivity index (χ4v) is 3.45. The topological polar surface area (TPSA) is 21.3 Å². The van der Waals surface area contributed by atoms with Gasteiger partial charge in [-0.25, -0.2) is 0 Å². The molecule has 0 aromatic heterocycles. The summed E-state index contributed by atoms with van der Waals surface area (Å²) in [7, 11) is 0. The van der Waals surface area contributed by atoms with Crippen LogP contribution in [0.1, 0.15) is 25.7 Å². The Morgan fingerprint density at radius 2 is 1.83 bits per heavy atom. The van der Waals surface area contributed by atoms with Gasteiger partial charge in [0, 0.05) is 0 Å². The Balaban J connectivity index is 0.00000120. The first-order chi connectivity index (χ1) is 8.27. The monoisotopic (exact) mass is 331 g/mol. The Kier molecular flexibility index (Phi) is 4.57. The van der Waals surface area contributed by atoms with Crippen molar-refractivity contribution in [3.63, 3.8) is 0 Å². The molecule has 1 aliphatic heterocycles. The average Bonchev–Trinajstić information content (AvgIpc) is 2.31. The molecule has 4 heteroatoms. The maximum absolute atomic E-state index is 6.04. The van der Waals surface area contributed by atoms with Crippen LogP contribution in [0.15, 0.2) is 28.7 Å². The number of benzene rings is 1. The van der Waals surface area contributed by atoms with Crippen molar-refractivity contribution in [3.05, 3.63) is 28.7 Å². The summed E-state index contributed by atoms with van der Waals surface area (Å²) in [6.45, 7) is 2.36. The molecule has 2 fully saturated rings. The lowest BCUT2D eigenvalue weighted by molar-refractivity contribution is -0.0350. The van der Waals surface area contributed by atoms with E-state index in [1.165, 1.54) is 38.8 Å². The molecule has 1 spiro atoms. The van der Waals surface area contributed by atoms with E-state index in [1.54, 1.807) is 0 Å². The van der Waals surface area contributed by atoms with Crippen molar-refractivity contribution in [2.45, 2.75) is 31.8 Å². The van der Waals surface area contributed by atoms with Gasteiger partial charge in [0.1, 0.15) is 5.75 Å². The second-order valence-electron chi connectivity index (χ2n) is 5.33. The van der Waals surface area contributed by atoms with Crippen molar-refractivity contribution in [2.24, 2.45) is 5.41 Å². The zero-order valence-corrected chi connectivity index (χ0v) is 12.7. The summed E-state index contributed by atoms with van der Waals surface area (Å²) in [6, 6.07) is 8.12. The summed E-state index contributed by atoms with van der Waals surface area (Å²) in [5.41, 5.74) is 0.594. The van der Waals surface area contributed by atoms with Crippen LogP contribution in [0.2, 0.25) is 0 Å². The third-order valence-electron chi connectivity index (χ3n) is 4.12. The van der Waals surface area contributed by atoms with Crippen LogP contribution in [-0.2, 0) is 0 Å². The van der Waals surface area contributed by atoms with Crippen LogP contribution in [0.3, 0.4) is 0 Å².